The van der Waals surface area contributed by atoms with Crippen molar-refractivity contribution in [3.05, 3.63) is 50.7 Å². The maximum absolute atomic E-state index is 13.3. The summed E-state index contributed by atoms with van der Waals surface area (Å²) in [6.07, 6.45) is 0. The summed E-state index contributed by atoms with van der Waals surface area (Å²) in [4.78, 5) is 0.684. The van der Waals surface area contributed by atoms with E-state index in [0.717, 1.165) is 0 Å². The van der Waals surface area contributed by atoms with Crippen LogP contribution < -0.4 is 5.32 Å². The minimum Gasteiger partial charge on any atom is -0.375 e. The molecule has 0 radical (unpaired) electrons. The molecule has 0 atom stereocenters. The predicted molar refractivity (Wildman–Crippen MR) is 62.9 cm³/mol. The van der Waals surface area contributed by atoms with Gasteiger partial charge in [-0.05, 0) is 6.07 Å². The van der Waals surface area contributed by atoms with Crippen molar-refractivity contribution in [3.8, 4) is 0 Å². The Balaban J connectivity index is 2.24. The highest BCUT2D eigenvalue weighted by Gasteiger charge is 2.18. The molecule has 96 valence electrons. The molecule has 7 heteroatoms. The number of nitrogens with one attached hydrogen (secondary N) is 1. The molecule has 0 saturated carbocycles. The van der Waals surface area contributed by atoms with E-state index in [0.29, 0.717) is 9.90 Å². The van der Waals surface area contributed by atoms with E-state index < -0.39 is 29.0 Å². The van der Waals surface area contributed by atoms with Gasteiger partial charge in [0.2, 0.25) is 0 Å². The molecule has 1 aromatic heterocycles. The lowest BCUT2D eigenvalue weighted by atomic mass is 10.2. The van der Waals surface area contributed by atoms with E-state index in [1.165, 1.54) is 11.3 Å². The third-order valence-corrected chi connectivity index (χ3v) is 3.46. The van der Waals surface area contributed by atoms with Crippen molar-refractivity contribution < 1.29 is 17.6 Å². The van der Waals surface area contributed by atoms with Gasteiger partial charge in [-0.1, -0.05) is 11.6 Å². The molecule has 1 N–H and O–H groups in total. The third-order valence-electron chi connectivity index (χ3n) is 2.17. The van der Waals surface area contributed by atoms with Gasteiger partial charge in [0.05, 0.1) is 5.02 Å². The number of hydrogen-bond acceptors (Lipinski definition) is 2. The van der Waals surface area contributed by atoms with Gasteiger partial charge in [0.15, 0.2) is 23.3 Å². The van der Waals surface area contributed by atoms with Crippen LogP contribution >= 0.6 is 22.9 Å². The summed E-state index contributed by atoms with van der Waals surface area (Å²) in [5.74, 6) is -5.78. The van der Waals surface area contributed by atoms with Gasteiger partial charge in [0, 0.05) is 22.9 Å². The van der Waals surface area contributed by atoms with E-state index in [2.05, 4.69) is 5.32 Å². The normalized spacial score (nSPS) is 10.7. The number of halogens is 5. The van der Waals surface area contributed by atoms with Crippen LogP contribution in [0.5, 0.6) is 0 Å². The first-order valence-electron chi connectivity index (χ1n) is 4.79. The molecule has 2 aromatic rings. The Kier molecular flexibility index (Phi) is 3.77. The Morgan fingerprint density at radius 2 is 1.67 bits per heavy atom. The van der Waals surface area contributed by atoms with Crippen molar-refractivity contribution in [1.29, 1.82) is 0 Å². The minimum absolute atomic E-state index is 0.0219. The van der Waals surface area contributed by atoms with Crippen molar-refractivity contribution in [2.45, 2.75) is 6.54 Å². The quantitative estimate of drug-likeness (QED) is 0.646. The Morgan fingerprint density at radius 1 is 1.06 bits per heavy atom. The van der Waals surface area contributed by atoms with E-state index in [-0.39, 0.29) is 12.6 Å². The lowest BCUT2D eigenvalue weighted by molar-refractivity contribution is 0.458. The van der Waals surface area contributed by atoms with Crippen LogP contribution in [0, 0.1) is 23.3 Å². The summed E-state index contributed by atoms with van der Waals surface area (Å²) in [5.41, 5.74) is -0.822. The van der Waals surface area contributed by atoms with Crippen LogP contribution in [0.2, 0.25) is 5.02 Å². The third kappa shape index (κ3) is 2.59. The Bertz CT molecular complexity index is 558. The van der Waals surface area contributed by atoms with Gasteiger partial charge < -0.3 is 5.32 Å². The summed E-state index contributed by atoms with van der Waals surface area (Å²) in [6.45, 7) is 0.0219. The SMILES string of the molecule is Fc1cc(F)c(F)c(NCc2cc(Cl)cs2)c1F. The fraction of sp³-hybridized carbons (Fsp3) is 0.0909. The summed E-state index contributed by atoms with van der Waals surface area (Å²) in [5, 5.41) is 4.44. The van der Waals surface area contributed by atoms with Crippen LogP contribution in [-0.4, -0.2) is 0 Å². The van der Waals surface area contributed by atoms with Gasteiger partial charge in [0.25, 0.3) is 0 Å². The molecule has 1 heterocycles. The second kappa shape index (κ2) is 5.16. The van der Waals surface area contributed by atoms with Crippen molar-refractivity contribution in [1.82, 2.24) is 0 Å². The molecular formula is C11H6ClF4NS. The van der Waals surface area contributed by atoms with Crippen molar-refractivity contribution in [2.24, 2.45) is 0 Å². The van der Waals surface area contributed by atoms with Crippen molar-refractivity contribution in [3.63, 3.8) is 0 Å². The summed E-state index contributed by atoms with van der Waals surface area (Å²) in [6, 6.07) is 1.75. The number of anilines is 1. The molecule has 1 aromatic carbocycles. The molecule has 0 saturated heterocycles. The molecule has 0 fully saturated rings. The topological polar surface area (TPSA) is 12.0 Å². The first-order valence-corrected chi connectivity index (χ1v) is 6.04. The Labute approximate surface area is 109 Å². The van der Waals surface area contributed by atoms with Crippen molar-refractivity contribution >= 4 is 28.6 Å². The number of rotatable bonds is 3. The molecule has 0 spiro atoms. The highest BCUT2D eigenvalue weighted by molar-refractivity contribution is 7.10. The number of thiophene rings is 1. The van der Waals surface area contributed by atoms with Gasteiger partial charge in [-0.15, -0.1) is 11.3 Å². The summed E-state index contributed by atoms with van der Waals surface area (Å²) in [7, 11) is 0. The van der Waals surface area contributed by atoms with E-state index in [4.69, 9.17) is 11.6 Å². The summed E-state index contributed by atoms with van der Waals surface area (Å²) < 4.78 is 52.4. The van der Waals surface area contributed by atoms with E-state index in [1.807, 2.05) is 0 Å². The highest BCUT2D eigenvalue weighted by Crippen LogP contribution is 2.26. The second-order valence-electron chi connectivity index (χ2n) is 3.43. The first-order chi connectivity index (χ1) is 8.49. The molecular weight excluding hydrogens is 290 g/mol. The number of hydrogen-bond donors (Lipinski definition) is 1. The number of benzene rings is 1. The van der Waals surface area contributed by atoms with Gasteiger partial charge >= 0.3 is 0 Å². The van der Waals surface area contributed by atoms with Crippen LogP contribution in [0.15, 0.2) is 17.5 Å². The van der Waals surface area contributed by atoms with Gasteiger partial charge in [-0.25, -0.2) is 17.6 Å². The zero-order valence-corrected chi connectivity index (χ0v) is 10.3. The smallest absolute Gasteiger partial charge is 0.185 e. The molecule has 0 aliphatic carbocycles. The maximum Gasteiger partial charge on any atom is 0.185 e. The fourth-order valence-corrected chi connectivity index (χ4v) is 2.36. The van der Waals surface area contributed by atoms with Gasteiger partial charge in [0.1, 0.15) is 5.69 Å². The zero-order valence-electron chi connectivity index (χ0n) is 8.74. The molecule has 0 aliphatic heterocycles. The Hall–Kier alpha value is -1.27. The molecule has 0 bridgehead atoms. The van der Waals surface area contributed by atoms with Crippen LogP contribution in [0.25, 0.3) is 0 Å². The lowest BCUT2D eigenvalue weighted by Crippen LogP contribution is -2.06. The van der Waals surface area contributed by atoms with Gasteiger partial charge in [-0.2, -0.15) is 0 Å². The van der Waals surface area contributed by atoms with Gasteiger partial charge in [-0.3, -0.25) is 0 Å². The van der Waals surface area contributed by atoms with Crippen LogP contribution in [0.4, 0.5) is 23.2 Å². The lowest BCUT2D eigenvalue weighted by Gasteiger charge is -2.08. The molecule has 0 amide bonds. The molecule has 18 heavy (non-hydrogen) atoms. The first kappa shape index (κ1) is 13.2. The van der Waals surface area contributed by atoms with E-state index in [9.17, 15) is 17.6 Å². The Morgan fingerprint density at radius 3 is 2.17 bits per heavy atom. The monoisotopic (exact) mass is 295 g/mol. The molecule has 0 aliphatic rings. The highest BCUT2D eigenvalue weighted by atomic mass is 35.5. The molecule has 0 unspecified atom stereocenters. The van der Waals surface area contributed by atoms with Crippen molar-refractivity contribution in [2.75, 3.05) is 5.32 Å². The molecule has 2 rings (SSSR count). The van der Waals surface area contributed by atoms with Crippen LogP contribution in [0.3, 0.4) is 0 Å². The predicted octanol–water partition coefficient (Wildman–Crippen LogP) is 4.57. The summed E-state index contributed by atoms with van der Waals surface area (Å²) >= 11 is 6.93. The van der Waals surface area contributed by atoms with E-state index >= 15 is 0 Å². The largest absolute Gasteiger partial charge is 0.375 e. The fourth-order valence-electron chi connectivity index (χ4n) is 1.35. The van der Waals surface area contributed by atoms with Crippen LogP contribution in [0.1, 0.15) is 4.88 Å². The average molecular weight is 296 g/mol. The van der Waals surface area contributed by atoms with Crippen LogP contribution in [-0.2, 0) is 6.54 Å². The minimum atomic E-state index is -1.45. The standard InChI is InChI=1S/C11H6ClF4NS/c12-5-1-6(18-4-5)3-17-11-9(15)7(13)2-8(14)10(11)16/h1-2,4,17H,3H2. The second-order valence-corrected chi connectivity index (χ2v) is 4.86. The van der Waals surface area contributed by atoms with E-state index in [1.54, 1.807) is 11.4 Å². The maximum atomic E-state index is 13.3. The average Bonchev–Trinajstić information content (AvgIpc) is 2.73. The molecule has 1 nitrogen and oxygen atoms in total. The zero-order chi connectivity index (χ0) is 13.3.